The van der Waals surface area contributed by atoms with Crippen molar-refractivity contribution in [3.05, 3.63) is 0 Å². The van der Waals surface area contributed by atoms with Crippen LogP contribution in [0.5, 0.6) is 0 Å². The largest absolute Gasteiger partial charge is 0.328 e. The number of rotatable bonds is 1. The molecule has 2 heteroatoms. The summed E-state index contributed by atoms with van der Waals surface area (Å²) in [4.78, 5) is 0. The highest BCUT2D eigenvalue weighted by Gasteiger charge is 2.32. The summed E-state index contributed by atoms with van der Waals surface area (Å²) >= 11 is 0. The second-order valence-corrected chi connectivity index (χ2v) is 5.30. The van der Waals surface area contributed by atoms with Gasteiger partial charge in [-0.2, -0.15) is 0 Å². The van der Waals surface area contributed by atoms with Crippen molar-refractivity contribution >= 4 is 0 Å². The third-order valence-corrected chi connectivity index (χ3v) is 4.24. The van der Waals surface area contributed by atoms with Crippen molar-refractivity contribution < 1.29 is 0 Å². The summed E-state index contributed by atoms with van der Waals surface area (Å²) in [6, 6.07) is 0.932. The van der Waals surface area contributed by atoms with Crippen molar-refractivity contribution in [1.82, 2.24) is 0 Å². The fourth-order valence-electron chi connectivity index (χ4n) is 3.43. The fraction of sp³-hybridized carbons (Fsp3) is 1.00. The highest BCUT2D eigenvalue weighted by Crippen LogP contribution is 2.37. The maximum absolute atomic E-state index is 6.21. The molecule has 2 aliphatic carbocycles. The van der Waals surface area contributed by atoms with Crippen molar-refractivity contribution in [2.45, 2.75) is 63.5 Å². The Balaban J connectivity index is 1.91. The van der Waals surface area contributed by atoms with E-state index in [0.29, 0.717) is 12.1 Å². The Morgan fingerprint density at radius 3 is 2.29 bits per heavy atom. The fourth-order valence-corrected chi connectivity index (χ4v) is 3.43. The van der Waals surface area contributed by atoms with E-state index in [1.54, 1.807) is 0 Å². The van der Waals surface area contributed by atoms with Crippen LogP contribution in [0.15, 0.2) is 0 Å². The third kappa shape index (κ3) is 2.29. The highest BCUT2D eigenvalue weighted by atomic mass is 14.7. The molecule has 2 aliphatic rings. The smallest absolute Gasteiger partial charge is 0.00698 e. The normalized spacial score (nSPS) is 45.0. The van der Waals surface area contributed by atoms with Gasteiger partial charge in [-0.1, -0.05) is 25.7 Å². The van der Waals surface area contributed by atoms with Crippen molar-refractivity contribution in [3.8, 4) is 0 Å². The van der Waals surface area contributed by atoms with E-state index in [1.807, 2.05) is 0 Å². The molecule has 2 saturated carbocycles. The van der Waals surface area contributed by atoms with Crippen LogP contribution in [0.2, 0.25) is 0 Å². The van der Waals surface area contributed by atoms with Gasteiger partial charge in [-0.3, -0.25) is 0 Å². The molecule has 0 radical (unpaired) electrons. The van der Waals surface area contributed by atoms with Crippen LogP contribution in [-0.4, -0.2) is 12.1 Å². The third-order valence-electron chi connectivity index (χ3n) is 4.24. The summed E-state index contributed by atoms with van der Waals surface area (Å²) < 4.78 is 0. The molecular weight excluding hydrogens is 172 g/mol. The van der Waals surface area contributed by atoms with Crippen LogP contribution < -0.4 is 11.5 Å². The van der Waals surface area contributed by atoms with Crippen LogP contribution in [0.1, 0.15) is 51.4 Å². The minimum absolute atomic E-state index is 0.461. The van der Waals surface area contributed by atoms with Crippen LogP contribution in [-0.2, 0) is 0 Å². The lowest BCUT2D eigenvalue weighted by Gasteiger charge is -2.38. The zero-order chi connectivity index (χ0) is 9.97. The highest BCUT2D eigenvalue weighted by molar-refractivity contribution is 4.87. The molecule has 2 nitrogen and oxygen atoms in total. The van der Waals surface area contributed by atoms with Gasteiger partial charge in [0.1, 0.15) is 0 Å². The molecule has 2 fully saturated rings. The summed E-state index contributed by atoms with van der Waals surface area (Å²) in [5.41, 5.74) is 12.3. The summed E-state index contributed by atoms with van der Waals surface area (Å²) in [5.74, 6) is 1.63. The molecule has 2 rings (SSSR count). The SMILES string of the molecule is NC1CCCC(C2CCCCC2N)C1. The summed E-state index contributed by atoms with van der Waals surface area (Å²) in [6.07, 6.45) is 10.5. The van der Waals surface area contributed by atoms with Crippen molar-refractivity contribution in [3.63, 3.8) is 0 Å². The first kappa shape index (κ1) is 10.4. The van der Waals surface area contributed by atoms with E-state index in [2.05, 4.69) is 0 Å². The average molecular weight is 196 g/mol. The first-order valence-corrected chi connectivity index (χ1v) is 6.28. The van der Waals surface area contributed by atoms with Crippen LogP contribution in [0.25, 0.3) is 0 Å². The topological polar surface area (TPSA) is 52.0 Å². The predicted molar refractivity (Wildman–Crippen MR) is 59.9 cm³/mol. The van der Waals surface area contributed by atoms with Gasteiger partial charge in [0.25, 0.3) is 0 Å². The van der Waals surface area contributed by atoms with E-state index in [0.717, 1.165) is 11.8 Å². The van der Waals surface area contributed by atoms with E-state index < -0.39 is 0 Å². The van der Waals surface area contributed by atoms with E-state index >= 15 is 0 Å². The quantitative estimate of drug-likeness (QED) is 0.674. The van der Waals surface area contributed by atoms with E-state index in [1.165, 1.54) is 51.4 Å². The lowest BCUT2D eigenvalue weighted by molar-refractivity contribution is 0.162. The first-order valence-electron chi connectivity index (χ1n) is 6.28. The van der Waals surface area contributed by atoms with Gasteiger partial charge in [0.15, 0.2) is 0 Å². The predicted octanol–water partition coefficient (Wildman–Crippen LogP) is 2.02. The van der Waals surface area contributed by atoms with E-state index in [9.17, 15) is 0 Å². The zero-order valence-corrected chi connectivity index (χ0v) is 9.12. The van der Waals surface area contributed by atoms with Crippen molar-refractivity contribution in [1.29, 1.82) is 0 Å². The lowest BCUT2D eigenvalue weighted by Crippen LogP contribution is -2.41. The van der Waals surface area contributed by atoms with Gasteiger partial charge < -0.3 is 11.5 Å². The minimum atomic E-state index is 0.461. The molecule has 0 aliphatic heterocycles. The summed E-state index contributed by atoms with van der Waals surface area (Å²) in [7, 11) is 0. The van der Waals surface area contributed by atoms with Crippen LogP contribution in [0.4, 0.5) is 0 Å². The van der Waals surface area contributed by atoms with Crippen LogP contribution in [0, 0.1) is 11.8 Å². The van der Waals surface area contributed by atoms with Gasteiger partial charge in [0, 0.05) is 12.1 Å². The van der Waals surface area contributed by atoms with E-state index in [-0.39, 0.29) is 0 Å². The molecule has 4 N–H and O–H groups in total. The van der Waals surface area contributed by atoms with Gasteiger partial charge >= 0.3 is 0 Å². The standard InChI is InChI=1S/C12H24N2/c13-10-5-3-4-9(8-10)11-6-1-2-7-12(11)14/h9-12H,1-8,13-14H2. The molecule has 4 atom stereocenters. The second-order valence-electron chi connectivity index (χ2n) is 5.30. The summed E-state index contributed by atoms with van der Waals surface area (Å²) in [5, 5.41) is 0. The van der Waals surface area contributed by atoms with Gasteiger partial charge in [0.2, 0.25) is 0 Å². The maximum Gasteiger partial charge on any atom is 0.00698 e. The Morgan fingerprint density at radius 2 is 1.57 bits per heavy atom. The molecule has 0 bridgehead atoms. The maximum atomic E-state index is 6.21. The monoisotopic (exact) mass is 196 g/mol. The van der Waals surface area contributed by atoms with Gasteiger partial charge in [-0.05, 0) is 37.5 Å². The Morgan fingerprint density at radius 1 is 0.786 bits per heavy atom. The molecule has 14 heavy (non-hydrogen) atoms. The molecule has 0 saturated heterocycles. The molecule has 0 aromatic carbocycles. The van der Waals surface area contributed by atoms with Gasteiger partial charge in [0.05, 0.1) is 0 Å². The van der Waals surface area contributed by atoms with Crippen molar-refractivity contribution in [2.24, 2.45) is 23.3 Å². The first-order chi connectivity index (χ1) is 6.77. The molecular formula is C12H24N2. The van der Waals surface area contributed by atoms with Gasteiger partial charge in [-0.15, -0.1) is 0 Å². The number of hydrogen-bond acceptors (Lipinski definition) is 2. The molecule has 0 heterocycles. The molecule has 82 valence electrons. The summed E-state index contributed by atoms with van der Waals surface area (Å²) in [6.45, 7) is 0. The molecule has 0 aromatic heterocycles. The van der Waals surface area contributed by atoms with Crippen LogP contribution >= 0.6 is 0 Å². The van der Waals surface area contributed by atoms with Crippen molar-refractivity contribution in [2.75, 3.05) is 0 Å². The molecule has 0 amide bonds. The zero-order valence-electron chi connectivity index (χ0n) is 9.12. The average Bonchev–Trinajstić information content (AvgIpc) is 2.18. The minimum Gasteiger partial charge on any atom is -0.328 e. The Hall–Kier alpha value is -0.0800. The Kier molecular flexibility index (Phi) is 3.45. The number of hydrogen-bond donors (Lipinski definition) is 2. The Labute approximate surface area is 87.4 Å². The number of nitrogens with two attached hydrogens (primary N) is 2. The van der Waals surface area contributed by atoms with Crippen LogP contribution in [0.3, 0.4) is 0 Å². The second kappa shape index (κ2) is 4.63. The Bertz CT molecular complexity index is 181. The van der Waals surface area contributed by atoms with E-state index in [4.69, 9.17) is 11.5 Å². The molecule has 0 spiro atoms. The molecule has 4 unspecified atom stereocenters. The van der Waals surface area contributed by atoms with Gasteiger partial charge in [-0.25, -0.2) is 0 Å². The lowest BCUT2D eigenvalue weighted by atomic mass is 9.70. The molecule has 0 aromatic rings.